The molecule has 0 aliphatic rings. The first-order chi connectivity index (χ1) is 8.16. The van der Waals surface area contributed by atoms with Crippen molar-refractivity contribution in [1.82, 2.24) is 9.78 Å². The van der Waals surface area contributed by atoms with Crippen molar-refractivity contribution in [3.8, 4) is 0 Å². The van der Waals surface area contributed by atoms with E-state index in [0.29, 0.717) is 6.54 Å². The zero-order valence-electron chi connectivity index (χ0n) is 10.2. The lowest BCUT2D eigenvalue weighted by Crippen LogP contribution is -2.21. The van der Waals surface area contributed by atoms with Gasteiger partial charge in [0, 0.05) is 25.7 Å². The van der Waals surface area contributed by atoms with Crippen LogP contribution in [0.25, 0.3) is 0 Å². The molecule has 90 valence electrons. The molecule has 1 unspecified atom stereocenters. The van der Waals surface area contributed by atoms with Gasteiger partial charge in [-0.1, -0.05) is 30.3 Å². The van der Waals surface area contributed by atoms with Crippen LogP contribution in [0, 0.1) is 6.92 Å². The second kappa shape index (κ2) is 5.01. The molecule has 0 aliphatic carbocycles. The summed E-state index contributed by atoms with van der Waals surface area (Å²) in [5, 5.41) is 7.58. The first kappa shape index (κ1) is 11.7. The molecule has 0 amide bonds. The molecule has 0 fully saturated rings. The molecule has 0 aliphatic heterocycles. The number of nitrogens with zero attached hydrogens (tertiary/aromatic N) is 2. The number of hydrogen-bond donors (Lipinski definition) is 2. The van der Waals surface area contributed by atoms with E-state index in [-0.39, 0.29) is 6.04 Å². The molecular weight excluding hydrogens is 212 g/mol. The molecule has 2 rings (SSSR count). The Morgan fingerprint density at radius 1 is 1.35 bits per heavy atom. The lowest BCUT2D eigenvalue weighted by Gasteiger charge is -2.13. The van der Waals surface area contributed by atoms with Gasteiger partial charge < -0.3 is 11.1 Å². The maximum atomic E-state index is 6.11. The van der Waals surface area contributed by atoms with Gasteiger partial charge >= 0.3 is 0 Å². The Labute approximate surface area is 101 Å². The van der Waals surface area contributed by atoms with Crippen molar-refractivity contribution < 1.29 is 0 Å². The second-order valence-electron chi connectivity index (χ2n) is 4.19. The summed E-state index contributed by atoms with van der Waals surface area (Å²) in [5.74, 6) is 0.994. The van der Waals surface area contributed by atoms with Crippen LogP contribution in [0.2, 0.25) is 0 Å². The van der Waals surface area contributed by atoms with Gasteiger partial charge in [-0.2, -0.15) is 5.10 Å². The van der Waals surface area contributed by atoms with Gasteiger partial charge in [0.15, 0.2) is 0 Å². The minimum Gasteiger partial charge on any atom is -0.368 e. The van der Waals surface area contributed by atoms with Crippen LogP contribution in [0.1, 0.15) is 17.3 Å². The van der Waals surface area contributed by atoms with Gasteiger partial charge in [0.25, 0.3) is 0 Å². The number of benzene rings is 1. The number of nitrogens with two attached hydrogens (primary N) is 1. The molecule has 3 N–H and O–H groups in total. The van der Waals surface area contributed by atoms with Gasteiger partial charge in [-0.25, -0.2) is 0 Å². The third kappa shape index (κ3) is 2.85. The summed E-state index contributed by atoms with van der Waals surface area (Å²) in [6.07, 6.45) is 0. The van der Waals surface area contributed by atoms with Crippen LogP contribution in [-0.4, -0.2) is 16.3 Å². The van der Waals surface area contributed by atoms with E-state index >= 15 is 0 Å². The first-order valence-corrected chi connectivity index (χ1v) is 5.72. The number of anilines is 1. The third-order valence-electron chi connectivity index (χ3n) is 2.73. The monoisotopic (exact) mass is 230 g/mol. The lowest BCUT2D eigenvalue weighted by molar-refractivity contribution is 0.727. The van der Waals surface area contributed by atoms with Crippen LogP contribution >= 0.6 is 0 Å². The number of aryl methyl sites for hydroxylation is 2. The summed E-state index contributed by atoms with van der Waals surface area (Å²) in [7, 11) is 1.92. The molecule has 2 aromatic rings. The van der Waals surface area contributed by atoms with E-state index in [9.17, 15) is 0 Å². The molecule has 0 radical (unpaired) electrons. The fourth-order valence-electron chi connectivity index (χ4n) is 1.81. The zero-order chi connectivity index (χ0) is 12.3. The molecular formula is C13H18N4. The summed E-state index contributed by atoms with van der Waals surface area (Å²) in [5.41, 5.74) is 8.25. The van der Waals surface area contributed by atoms with Crippen LogP contribution in [-0.2, 0) is 7.05 Å². The van der Waals surface area contributed by atoms with E-state index < -0.39 is 0 Å². The van der Waals surface area contributed by atoms with Crippen molar-refractivity contribution in [2.24, 2.45) is 12.8 Å². The summed E-state index contributed by atoms with van der Waals surface area (Å²) in [6, 6.07) is 12.1. The van der Waals surface area contributed by atoms with E-state index in [4.69, 9.17) is 5.73 Å². The summed E-state index contributed by atoms with van der Waals surface area (Å²) in [4.78, 5) is 0. The fourth-order valence-corrected chi connectivity index (χ4v) is 1.81. The Morgan fingerprint density at radius 2 is 2.06 bits per heavy atom. The Kier molecular flexibility index (Phi) is 3.44. The third-order valence-corrected chi connectivity index (χ3v) is 2.73. The average molecular weight is 230 g/mol. The van der Waals surface area contributed by atoms with Crippen molar-refractivity contribution in [3.05, 3.63) is 47.7 Å². The van der Waals surface area contributed by atoms with Gasteiger partial charge in [-0.3, -0.25) is 4.68 Å². The Hall–Kier alpha value is -1.81. The van der Waals surface area contributed by atoms with Crippen molar-refractivity contribution in [1.29, 1.82) is 0 Å². The molecule has 4 nitrogen and oxygen atoms in total. The predicted octanol–water partition coefficient (Wildman–Crippen LogP) is 1.84. The second-order valence-corrected chi connectivity index (χ2v) is 4.19. The number of rotatable bonds is 4. The van der Waals surface area contributed by atoms with Crippen LogP contribution in [0.3, 0.4) is 0 Å². The molecule has 1 aromatic carbocycles. The predicted molar refractivity (Wildman–Crippen MR) is 69.8 cm³/mol. The van der Waals surface area contributed by atoms with Crippen molar-refractivity contribution in [3.63, 3.8) is 0 Å². The minimum atomic E-state index is -0.00796. The number of aromatic nitrogens is 2. The Balaban J connectivity index is 1.97. The smallest absolute Gasteiger partial charge is 0.124 e. The standard InChI is InChI=1S/C13H18N4/c1-10-8-13(17(2)16-10)15-9-12(14)11-6-4-3-5-7-11/h3-8,12,15H,9,14H2,1-2H3. The van der Waals surface area contributed by atoms with Crippen LogP contribution in [0.15, 0.2) is 36.4 Å². The van der Waals surface area contributed by atoms with Gasteiger partial charge in [0.1, 0.15) is 5.82 Å². The topological polar surface area (TPSA) is 55.9 Å². The molecule has 1 aromatic heterocycles. The maximum absolute atomic E-state index is 6.11. The lowest BCUT2D eigenvalue weighted by atomic mass is 10.1. The molecule has 0 bridgehead atoms. The molecule has 1 heterocycles. The Morgan fingerprint density at radius 3 is 2.65 bits per heavy atom. The number of hydrogen-bond acceptors (Lipinski definition) is 3. The maximum Gasteiger partial charge on any atom is 0.124 e. The summed E-state index contributed by atoms with van der Waals surface area (Å²) >= 11 is 0. The molecule has 0 saturated carbocycles. The molecule has 17 heavy (non-hydrogen) atoms. The summed E-state index contributed by atoms with van der Waals surface area (Å²) < 4.78 is 1.83. The molecule has 0 spiro atoms. The first-order valence-electron chi connectivity index (χ1n) is 5.72. The molecule has 1 atom stereocenters. The Bertz CT molecular complexity index is 475. The van der Waals surface area contributed by atoms with Gasteiger partial charge in [-0.05, 0) is 12.5 Å². The van der Waals surface area contributed by atoms with Crippen LogP contribution in [0.4, 0.5) is 5.82 Å². The average Bonchev–Trinajstić information content (AvgIpc) is 2.66. The SMILES string of the molecule is Cc1cc(NCC(N)c2ccccc2)n(C)n1. The molecule has 0 saturated heterocycles. The van der Waals surface area contributed by atoms with Gasteiger partial charge in [-0.15, -0.1) is 0 Å². The van der Waals surface area contributed by atoms with E-state index in [1.807, 2.05) is 55.1 Å². The zero-order valence-corrected chi connectivity index (χ0v) is 10.2. The van der Waals surface area contributed by atoms with Crippen LogP contribution in [0.5, 0.6) is 0 Å². The van der Waals surface area contributed by atoms with Crippen molar-refractivity contribution in [2.75, 3.05) is 11.9 Å². The fraction of sp³-hybridized carbons (Fsp3) is 0.308. The van der Waals surface area contributed by atoms with Crippen molar-refractivity contribution in [2.45, 2.75) is 13.0 Å². The minimum absolute atomic E-state index is 0.00796. The van der Waals surface area contributed by atoms with Gasteiger partial charge in [0.2, 0.25) is 0 Å². The van der Waals surface area contributed by atoms with E-state index in [1.165, 1.54) is 0 Å². The van der Waals surface area contributed by atoms with E-state index in [1.54, 1.807) is 0 Å². The number of nitrogens with one attached hydrogen (secondary N) is 1. The highest BCUT2D eigenvalue weighted by molar-refractivity contribution is 5.37. The highest BCUT2D eigenvalue weighted by Crippen LogP contribution is 2.12. The highest BCUT2D eigenvalue weighted by atomic mass is 15.3. The largest absolute Gasteiger partial charge is 0.368 e. The molecule has 4 heteroatoms. The van der Waals surface area contributed by atoms with E-state index in [2.05, 4.69) is 10.4 Å². The highest BCUT2D eigenvalue weighted by Gasteiger charge is 2.06. The van der Waals surface area contributed by atoms with Crippen LogP contribution < -0.4 is 11.1 Å². The summed E-state index contributed by atoms with van der Waals surface area (Å²) in [6.45, 7) is 2.67. The normalized spacial score (nSPS) is 12.4. The quantitative estimate of drug-likeness (QED) is 0.842. The van der Waals surface area contributed by atoms with E-state index in [0.717, 1.165) is 17.1 Å². The van der Waals surface area contributed by atoms with Gasteiger partial charge in [0.05, 0.1) is 5.69 Å². The van der Waals surface area contributed by atoms with Crippen molar-refractivity contribution >= 4 is 5.82 Å².